The summed E-state index contributed by atoms with van der Waals surface area (Å²) in [4.78, 5) is 46.6. The molecule has 1 saturated heterocycles. The van der Waals surface area contributed by atoms with Gasteiger partial charge in [-0.1, -0.05) is 42.5 Å². The van der Waals surface area contributed by atoms with Gasteiger partial charge in [-0.3, -0.25) is 19.2 Å². The van der Waals surface area contributed by atoms with E-state index in [1.807, 2.05) is 36.4 Å². The molecule has 0 saturated carbocycles. The molecule has 1 aliphatic heterocycles. The molecule has 0 bridgehead atoms. The van der Waals surface area contributed by atoms with Gasteiger partial charge in [-0.05, 0) is 5.56 Å². The van der Waals surface area contributed by atoms with Gasteiger partial charge in [-0.25, -0.2) is 0 Å². The molecule has 2 rings (SSSR count). The fourth-order valence-corrected chi connectivity index (χ4v) is 3.22. The van der Waals surface area contributed by atoms with E-state index in [2.05, 4.69) is 0 Å². The predicted molar refractivity (Wildman–Crippen MR) is 113 cm³/mol. The number of rotatable bonds is 9. The molecular formula is C23H28O10. The minimum Gasteiger partial charge on any atom is -0.463 e. The van der Waals surface area contributed by atoms with Crippen LogP contribution in [0.1, 0.15) is 33.3 Å². The minimum absolute atomic E-state index is 0.0582. The van der Waals surface area contributed by atoms with Crippen molar-refractivity contribution in [3.63, 3.8) is 0 Å². The topological polar surface area (TPSA) is 124 Å². The monoisotopic (exact) mass is 464 g/mol. The van der Waals surface area contributed by atoms with Crippen molar-refractivity contribution in [2.75, 3.05) is 13.2 Å². The highest BCUT2D eigenvalue weighted by atomic mass is 16.7. The molecule has 0 N–H and O–H groups in total. The van der Waals surface area contributed by atoms with Crippen molar-refractivity contribution in [1.82, 2.24) is 0 Å². The van der Waals surface area contributed by atoms with Crippen molar-refractivity contribution in [2.24, 2.45) is 0 Å². The number of esters is 4. The van der Waals surface area contributed by atoms with Crippen molar-refractivity contribution in [3.8, 4) is 0 Å². The van der Waals surface area contributed by atoms with Crippen molar-refractivity contribution in [2.45, 2.75) is 58.4 Å². The van der Waals surface area contributed by atoms with Gasteiger partial charge >= 0.3 is 23.9 Å². The molecule has 0 spiro atoms. The molecule has 0 aliphatic carbocycles. The molecule has 0 aromatic heterocycles. The Kier molecular flexibility index (Phi) is 10.0. The number of carbonyl (C=O) groups is 4. The molecule has 0 amide bonds. The molecule has 1 aromatic carbocycles. The van der Waals surface area contributed by atoms with Gasteiger partial charge in [0.1, 0.15) is 12.7 Å². The Morgan fingerprint density at radius 2 is 1.39 bits per heavy atom. The Bertz CT molecular complexity index is 850. The first-order valence-corrected chi connectivity index (χ1v) is 10.3. The SMILES string of the molecule is CC(=O)OC[C@H]1O[C@H](OC/C=C/c2ccccc2)[C@H](OC(C)=O)[C@@H](OC(C)=O)[C@@H]1OC(C)=O. The van der Waals surface area contributed by atoms with E-state index in [0.29, 0.717) is 0 Å². The summed E-state index contributed by atoms with van der Waals surface area (Å²) in [5.74, 6) is -2.67. The maximum Gasteiger partial charge on any atom is 0.303 e. The predicted octanol–water partition coefficient (Wildman–Crippen LogP) is 1.80. The summed E-state index contributed by atoms with van der Waals surface area (Å²) in [5, 5.41) is 0. The summed E-state index contributed by atoms with van der Waals surface area (Å²) in [6.45, 7) is 4.44. The third kappa shape index (κ3) is 8.66. The smallest absolute Gasteiger partial charge is 0.303 e. The van der Waals surface area contributed by atoms with Gasteiger partial charge in [0.05, 0.1) is 6.61 Å². The number of benzene rings is 1. The van der Waals surface area contributed by atoms with E-state index >= 15 is 0 Å². The molecule has 1 fully saturated rings. The standard InChI is InChI=1S/C23H28O10/c1-14(24)29-13-19-20(30-15(2)25)21(31-16(3)26)22(32-17(4)27)23(33-19)28-12-8-11-18-9-6-5-7-10-18/h5-11,19-23H,12-13H2,1-4H3/b11-8+/t19-,20-,21+,22-,23+/m1/s1. The maximum absolute atomic E-state index is 11.8. The number of carbonyl (C=O) groups excluding carboxylic acids is 4. The molecule has 180 valence electrons. The Morgan fingerprint density at radius 3 is 1.97 bits per heavy atom. The van der Waals surface area contributed by atoms with Gasteiger partial charge in [0.2, 0.25) is 0 Å². The second-order valence-corrected chi connectivity index (χ2v) is 7.21. The lowest BCUT2D eigenvalue weighted by Crippen LogP contribution is -2.62. The van der Waals surface area contributed by atoms with Crippen molar-refractivity contribution >= 4 is 30.0 Å². The molecule has 0 unspecified atom stereocenters. The number of hydrogen-bond acceptors (Lipinski definition) is 10. The van der Waals surface area contributed by atoms with Gasteiger partial charge in [0.15, 0.2) is 24.6 Å². The lowest BCUT2D eigenvalue weighted by atomic mass is 9.98. The quantitative estimate of drug-likeness (QED) is 0.395. The van der Waals surface area contributed by atoms with Crippen LogP contribution in [0.3, 0.4) is 0 Å². The molecule has 33 heavy (non-hydrogen) atoms. The summed E-state index contributed by atoms with van der Waals surface area (Å²) in [6.07, 6.45) is -2.41. The van der Waals surface area contributed by atoms with Crippen LogP contribution in [0.4, 0.5) is 0 Å². The van der Waals surface area contributed by atoms with E-state index in [0.717, 1.165) is 19.4 Å². The zero-order valence-corrected chi connectivity index (χ0v) is 18.9. The molecule has 1 heterocycles. The van der Waals surface area contributed by atoms with E-state index < -0.39 is 54.6 Å². The van der Waals surface area contributed by atoms with Crippen molar-refractivity contribution < 1.29 is 47.6 Å². The Balaban J connectivity index is 2.28. The molecule has 1 aliphatic rings. The first-order valence-electron chi connectivity index (χ1n) is 10.3. The zero-order chi connectivity index (χ0) is 24.4. The molecule has 1 aromatic rings. The average molecular weight is 464 g/mol. The van der Waals surface area contributed by atoms with Crippen LogP contribution >= 0.6 is 0 Å². The number of hydrogen-bond donors (Lipinski definition) is 0. The summed E-state index contributed by atoms with van der Waals surface area (Å²) in [6, 6.07) is 9.49. The zero-order valence-electron chi connectivity index (χ0n) is 18.9. The molecule has 10 nitrogen and oxygen atoms in total. The van der Waals surface area contributed by atoms with Gasteiger partial charge < -0.3 is 28.4 Å². The van der Waals surface area contributed by atoms with Crippen LogP contribution in [0, 0.1) is 0 Å². The summed E-state index contributed by atoms with van der Waals surface area (Å²) >= 11 is 0. The van der Waals surface area contributed by atoms with Crippen LogP contribution in [-0.2, 0) is 47.6 Å². The maximum atomic E-state index is 11.8. The fraction of sp³-hybridized carbons (Fsp3) is 0.478. The van der Waals surface area contributed by atoms with Crippen LogP contribution in [0.15, 0.2) is 36.4 Å². The average Bonchev–Trinajstić information content (AvgIpc) is 2.73. The summed E-state index contributed by atoms with van der Waals surface area (Å²) in [5.41, 5.74) is 0.947. The molecule has 5 atom stereocenters. The van der Waals surface area contributed by atoms with E-state index in [9.17, 15) is 19.2 Å². The summed E-state index contributed by atoms with van der Waals surface area (Å²) < 4.78 is 32.6. The van der Waals surface area contributed by atoms with Gasteiger partial charge in [-0.2, -0.15) is 0 Å². The highest BCUT2D eigenvalue weighted by Gasteiger charge is 2.52. The first-order chi connectivity index (χ1) is 15.7. The van der Waals surface area contributed by atoms with Crippen LogP contribution < -0.4 is 0 Å². The highest BCUT2D eigenvalue weighted by molar-refractivity contribution is 5.68. The van der Waals surface area contributed by atoms with Crippen molar-refractivity contribution in [3.05, 3.63) is 42.0 Å². The van der Waals surface area contributed by atoms with Crippen molar-refractivity contribution in [1.29, 1.82) is 0 Å². The molecule has 0 radical (unpaired) electrons. The van der Waals surface area contributed by atoms with Crippen LogP contribution in [-0.4, -0.2) is 67.8 Å². The second-order valence-electron chi connectivity index (χ2n) is 7.21. The van der Waals surface area contributed by atoms with E-state index in [4.69, 9.17) is 28.4 Å². The summed E-state index contributed by atoms with van der Waals surface area (Å²) in [7, 11) is 0. The van der Waals surface area contributed by atoms with Crippen LogP contribution in [0.5, 0.6) is 0 Å². The Hall–Kier alpha value is -3.24. The Labute approximate surface area is 191 Å². The van der Waals surface area contributed by atoms with Crippen LogP contribution in [0.2, 0.25) is 0 Å². The minimum atomic E-state index is -1.26. The largest absolute Gasteiger partial charge is 0.463 e. The van der Waals surface area contributed by atoms with E-state index in [1.54, 1.807) is 6.08 Å². The third-order valence-electron chi connectivity index (χ3n) is 4.41. The van der Waals surface area contributed by atoms with Gasteiger partial charge in [0.25, 0.3) is 0 Å². The lowest BCUT2D eigenvalue weighted by molar-refractivity contribution is -0.305. The van der Waals surface area contributed by atoms with Gasteiger partial charge in [-0.15, -0.1) is 0 Å². The van der Waals surface area contributed by atoms with Gasteiger partial charge in [0, 0.05) is 27.7 Å². The molecule has 10 heteroatoms. The normalized spacial score (nSPS) is 24.7. The Morgan fingerprint density at radius 1 is 0.818 bits per heavy atom. The lowest BCUT2D eigenvalue weighted by Gasteiger charge is -2.43. The van der Waals surface area contributed by atoms with E-state index in [-0.39, 0.29) is 13.2 Å². The highest BCUT2D eigenvalue weighted by Crippen LogP contribution is 2.30. The van der Waals surface area contributed by atoms with E-state index in [1.165, 1.54) is 13.8 Å². The number of ether oxygens (including phenoxy) is 6. The molecular weight excluding hydrogens is 436 g/mol. The third-order valence-corrected chi connectivity index (χ3v) is 4.41. The first kappa shape index (κ1) is 26.0. The second kappa shape index (κ2) is 12.7. The fourth-order valence-electron chi connectivity index (χ4n) is 3.22. The van der Waals surface area contributed by atoms with Crippen LogP contribution in [0.25, 0.3) is 6.08 Å².